The third kappa shape index (κ3) is 4.84. The number of aromatic nitrogens is 1. The van der Waals surface area contributed by atoms with Crippen molar-refractivity contribution in [2.45, 2.75) is 13.3 Å². The summed E-state index contributed by atoms with van der Waals surface area (Å²) in [7, 11) is 5.65. The Balaban J connectivity index is 1.85. The topological polar surface area (TPSA) is 45.7 Å². The second-order valence-corrected chi connectivity index (χ2v) is 7.85. The zero-order valence-electron chi connectivity index (χ0n) is 16.2. The van der Waals surface area contributed by atoms with Crippen LogP contribution in [0.15, 0.2) is 42.5 Å². The van der Waals surface area contributed by atoms with Crippen LogP contribution in [-0.2, 0) is 11.2 Å². The van der Waals surface area contributed by atoms with Gasteiger partial charge in [0.25, 0.3) is 0 Å². The van der Waals surface area contributed by atoms with E-state index < -0.39 is 0 Å². The third-order valence-corrected chi connectivity index (χ3v) is 5.39. The van der Waals surface area contributed by atoms with E-state index in [0.29, 0.717) is 13.0 Å². The largest absolute Gasteiger partial charge is 0.497 e. The maximum Gasteiger partial charge on any atom is 0.233 e. The van der Waals surface area contributed by atoms with Gasteiger partial charge in [-0.05, 0) is 56.4 Å². The Morgan fingerprint density at radius 3 is 2.52 bits per heavy atom. The molecule has 0 aliphatic carbocycles. The maximum atomic E-state index is 13.1. The number of amides is 1. The van der Waals surface area contributed by atoms with Gasteiger partial charge < -0.3 is 9.64 Å². The van der Waals surface area contributed by atoms with Crippen molar-refractivity contribution in [2.24, 2.45) is 0 Å². The highest BCUT2D eigenvalue weighted by atomic mass is 32.1. The standard InChI is InChI=1S/C21H25N3O2S/c1-15-5-10-18-19(13-15)27-21(22-18)24(12-11-23(2)3)20(25)14-16-6-8-17(26-4)9-7-16/h5-10,13H,11-12,14H2,1-4H3. The van der Waals surface area contributed by atoms with Crippen LogP contribution < -0.4 is 9.64 Å². The van der Waals surface area contributed by atoms with Gasteiger partial charge in [-0.2, -0.15) is 0 Å². The van der Waals surface area contributed by atoms with Crippen LogP contribution >= 0.6 is 11.3 Å². The average molecular weight is 384 g/mol. The normalized spacial score (nSPS) is 11.1. The molecule has 0 aliphatic rings. The molecule has 3 rings (SSSR count). The number of likely N-dealkylation sites (N-methyl/N-ethyl adjacent to an activating group) is 1. The highest BCUT2D eigenvalue weighted by Crippen LogP contribution is 2.30. The van der Waals surface area contributed by atoms with E-state index in [1.807, 2.05) is 49.3 Å². The summed E-state index contributed by atoms with van der Waals surface area (Å²) in [6.45, 7) is 3.46. The molecule has 3 aromatic rings. The highest BCUT2D eigenvalue weighted by molar-refractivity contribution is 7.22. The van der Waals surface area contributed by atoms with Gasteiger partial charge in [0, 0.05) is 13.1 Å². The predicted molar refractivity (Wildman–Crippen MR) is 112 cm³/mol. The first kappa shape index (κ1) is 19.3. The molecule has 5 nitrogen and oxygen atoms in total. The van der Waals surface area contributed by atoms with Crippen molar-refractivity contribution in [2.75, 3.05) is 39.2 Å². The Morgan fingerprint density at radius 1 is 1.11 bits per heavy atom. The molecule has 0 saturated carbocycles. The van der Waals surface area contributed by atoms with Crippen molar-refractivity contribution in [3.63, 3.8) is 0 Å². The summed E-state index contributed by atoms with van der Waals surface area (Å²) in [5.74, 6) is 0.843. The number of rotatable bonds is 7. The number of nitrogens with zero attached hydrogens (tertiary/aromatic N) is 3. The Hall–Kier alpha value is -2.44. The summed E-state index contributed by atoms with van der Waals surface area (Å²) >= 11 is 1.57. The molecular weight excluding hydrogens is 358 g/mol. The number of fused-ring (bicyclic) bond motifs is 1. The lowest BCUT2D eigenvalue weighted by atomic mass is 10.1. The minimum atomic E-state index is 0.0535. The number of hydrogen-bond acceptors (Lipinski definition) is 5. The number of hydrogen-bond donors (Lipinski definition) is 0. The zero-order chi connectivity index (χ0) is 19.4. The third-order valence-electron chi connectivity index (χ3n) is 4.35. The van der Waals surface area contributed by atoms with Gasteiger partial charge in [-0.15, -0.1) is 0 Å². The second kappa shape index (κ2) is 8.50. The van der Waals surface area contributed by atoms with Gasteiger partial charge in [0.1, 0.15) is 5.75 Å². The van der Waals surface area contributed by atoms with Gasteiger partial charge in [0.2, 0.25) is 5.91 Å². The van der Waals surface area contributed by atoms with Gasteiger partial charge in [0.05, 0.1) is 23.7 Å². The minimum Gasteiger partial charge on any atom is -0.497 e. The van der Waals surface area contributed by atoms with E-state index in [2.05, 4.69) is 24.0 Å². The Bertz CT molecular complexity index is 919. The van der Waals surface area contributed by atoms with Crippen LogP contribution in [0.3, 0.4) is 0 Å². The van der Waals surface area contributed by atoms with Crippen LogP contribution in [0.1, 0.15) is 11.1 Å². The Kier molecular flexibility index (Phi) is 6.08. The fourth-order valence-corrected chi connectivity index (χ4v) is 3.88. The van der Waals surface area contributed by atoms with Crippen molar-refractivity contribution in [3.05, 3.63) is 53.6 Å². The van der Waals surface area contributed by atoms with Crippen LogP contribution in [0.4, 0.5) is 5.13 Å². The van der Waals surface area contributed by atoms with Crippen LogP contribution in [0.2, 0.25) is 0 Å². The summed E-state index contributed by atoms with van der Waals surface area (Å²) in [6.07, 6.45) is 0.340. The first-order valence-corrected chi connectivity index (χ1v) is 9.73. The van der Waals surface area contributed by atoms with E-state index >= 15 is 0 Å². The predicted octanol–water partition coefficient (Wildman–Crippen LogP) is 3.75. The van der Waals surface area contributed by atoms with Crippen molar-refractivity contribution in [3.8, 4) is 5.75 Å². The summed E-state index contributed by atoms with van der Waals surface area (Å²) in [5.41, 5.74) is 3.10. The van der Waals surface area contributed by atoms with E-state index in [1.165, 1.54) is 5.56 Å². The van der Waals surface area contributed by atoms with Crippen LogP contribution in [0, 0.1) is 6.92 Å². The number of benzene rings is 2. The van der Waals surface area contributed by atoms with E-state index in [0.717, 1.165) is 33.2 Å². The average Bonchev–Trinajstić information content (AvgIpc) is 3.05. The van der Waals surface area contributed by atoms with E-state index in [9.17, 15) is 4.79 Å². The first-order valence-electron chi connectivity index (χ1n) is 8.91. The molecule has 2 aromatic carbocycles. The molecule has 142 valence electrons. The Morgan fingerprint density at radius 2 is 1.85 bits per heavy atom. The molecule has 1 aromatic heterocycles. The van der Waals surface area contributed by atoms with Crippen LogP contribution in [-0.4, -0.2) is 50.1 Å². The lowest BCUT2D eigenvalue weighted by Gasteiger charge is -2.22. The smallest absolute Gasteiger partial charge is 0.233 e. The monoisotopic (exact) mass is 383 g/mol. The van der Waals surface area contributed by atoms with Gasteiger partial charge in [0.15, 0.2) is 5.13 Å². The first-order chi connectivity index (χ1) is 13.0. The SMILES string of the molecule is COc1ccc(CC(=O)N(CCN(C)C)c2nc3ccc(C)cc3s2)cc1. The highest BCUT2D eigenvalue weighted by Gasteiger charge is 2.20. The summed E-state index contributed by atoms with van der Waals surface area (Å²) in [6, 6.07) is 13.8. The lowest BCUT2D eigenvalue weighted by molar-refractivity contribution is -0.118. The number of anilines is 1. The molecule has 27 heavy (non-hydrogen) atoms. The summed E-state index contributed by atoms with van der Waals surface area (Å²) in [4.78, 5) is 21.7. The van der Waals surface area contributed by atoms with E-state index in [-0.39, 0.29) is 5.91 Å². The fraction of sp³-hybridized carbons (Fsp3) is 0.333. The zero-order valence-corrected chi connectivity index (χ0v) is 17.0. The molecular formula is C21H25N3O2S. The maximum absolute atomic E-state index is 13.1. The molecule has 0 bridgehead atoms. The van der Waals surface area contributed by atoms with E-state index in [1.54, 1.807) is 18.4 Å². The van der Waals surface area contributed by atoms with Gasteiger partial charge in [-0.3, -0.25) is 9.69 Å². The minimum absolute atomic E-state index is 0.0535. The molecule has 0 saturated heterocycles. The van der Waals surface area contributed by atoms with Gasteiger partial charge >= 0.3 is 0 Å². The number of thiazole rings is 1. The van der Waals surface area contributed by atoms with Crippen LogP contribution in [0.5, 0.6) is 5.75 Å². The molecule has 0 spiro atoms. The number of carbonyl (C=O) groups is 1. The molecule has 0 N–H and O–H groups in total. The molecule has 6 heteroatoms. The molecule has 0 unspecified atom stereocenters. The van der Waals surface area contributed by atoms with Crippen molar-refractivity contribution < 1.29 is 9.53 Å². The van der Waals surface area contributed by atoms with Crippen molar-refractivity contribution in [1.82, 2.24) is 9.88 Å². The number of carbonyl (C=O) groups excluding carboxylic acids is 1. The second-order valence-electron chi connectivity index (χ2n) is 6.84. The molecule has 1 amide bonds. The van der Waals surface area contributed by atoms with Crippen LogP contribution in [0.25, 0.3) is 10.2 Å². The van der Waals surface area contributed by atoms with E-state index in [4.69, 9.17) is 9.72 Å². The number of methoxy groups -OCH3 is 1. The van der Waals surface area contributed by atoms with Gasteiger partial charge in [-0.25, -0.2) is 4.98 Å². The number of aryl methyl sites for hydroxylation is 1. The quantitative estimate of drug-likeness (QED) is 0.623. The van der Waals surface area contributed by atoms with Crippen molar-refractivity contribution in [1.29, 1.82) is 0 Å². The lowest BCUT2D eigenvalue weighted by Crippen LogP contribution is -2.37. The summed E-state index contributed by atoms with van der Waals surface area (Å²) < 4.78 is 6.30. The molecule has 0 fully saturated rings. The van der Waals surface area contributed by atoms with Gasteiger partial charge in [-0.1, -0.05) is 29.5 Å². The summed E-state index contributed by atoms with van der Waals surface area (Å²) in [5, 5.41) is 0.760. The molecule has 0 aliphatic heterocycles. The molecule has 1 heterocycles. The van der Waals surface area contributed by atoms with Crippen molar-refractivity contribution >= 4 is 32.6 Å². The molecule has 0 radical (unpaired) electrons. The number of ether oxygens (including phenoxy) is 1. The Labute approximate surface area is 164 Å². The molecule has 0 atom stereocenters. The fourth-order valence-electron chi connectivity index (χ4n) is 2.78.